The maximum Gasteiger partial charge on any atom is 0.238 e. The number of carbonyl (C=O) groups excluding carboxylic acids is 2. The van der Waals surface area contributed by atoms with Gasteiger partial charge in [0.15, 0.2) is 0 Å². The fourth-order valence-electron chi connectivity index (χ4n) is 5.57. The van der Waals surface area contributed by atoms with Crippen LogP contribution in [0, 0.1) is 11.8 Å². The zero-order chi connectivity index (χ0) is 22.4. The highest BCUT2D eigenvalue weighted by atomic mass is 16.2. The highest BCUT2D eigenvalue weighted by Crippen LogP contribution is 2.50. The van der Waals surface area contributed by atoms with E-state index in [1.54, 1.807) is 0 Å². The summed E-state index contributed by atoms with van der Waals surface area (Å²) in [5.74, 6) is -1.36. The molecule has 1 saturated heterocycles. The van der Waals surface area contributed by atoms with Gasteiger partial charge in [-0.1, -0.05) is 109 Å². The van der Waals surface area contributed by atoms with Gasteiger partial charge in [0.2, 0.25) is 11.8 Å². The van der Waals surface area contributed by atoms with Crippen LogP contribution in [0.4, 0.5) is 5.69 Å². The first-order valence-electron chi connectivity index (χ1n) is 11.4. The Morgan fingerprint density at radius 2 is 1.00 bits per heavy atom. The maximum absolute atomic E-state index is 14.0. The molecule has 3 heteroatoms. The van der Waals surface area contributed by atoms with E-state index < -0.39 is 11.8 Å². The quantitative estimate of drug-likeness (QED) is 0.292. The van der Waals surface area contributed by atoms with E-state index in [1.807, 2.05) is 103 Å². The Balaban J connectivity index is 1.52. The number of allylic oxidation sites excluding steroid dienone is 2. The Morgan fingerprint density at radius 1 is 0.515 bits per heavy atom. The van der Waals surface area contributed by atoms with Crippen molar-refractivity contribution in [2.75, 3.05) is 4.90 Å². The highest BCUT2D eigenvalue weighted by molar-refractivity contribution is 6.25. The van der Waals surface area contributed by atoms with Gasteiger partial charge in [0, 0.05) is 17.2 Å². The van der Waals surface area contributed by atoms with Gasteiger partial charge in [-0.25, -0.2) is 4.90 Å². The Hall–Kier alpha value is -3.98. The van der Waals surface area contributed by atoms with Gasteiger partial charge in [-0.2, -0.15) is 0 Å². The van der Waals surface area contributed by atoms with Gasteiger partial charge < -0.3 is 0 Å². The second kappa shape index (κ2) is 7.86. The molecular formula is C30H23NO2. The standard InChI is InChI=1S/C30H23NO2/c32-29-27-24(21-10-3-1-4-11-21)18-19-25(22-12-5-2-6-13-22)28(27)30(33)31(29)26-17-9-15-20-14-7-8-16-23(20)26/h1-19,24-25,27-28H/t24-,25-,27-,28-/m1/s1. The first-order chi connectivity index (χ1) is 16.2. The normalized spacial score (nSPS) is 24.3. The van der Waals surface area contributed by atoms with Crippen LogP contribution in [0.15, 0.2) is 115 Å². The van der Waals surface area contributed by atoms with Crippen molar-refractivity contribution >= 4 is 28.3 Å². The highest BCUT2D eigenvalue weighted by Gasteiger charge is 2.55. The van der Waals surface area contributed by atoms with Crippen molar-refractivity contribution in [1.29, 1.82) is 0 Å². The number of hydrogen-bond donors (Lipinski definition) is 0. The fourth-order valence-corrected chi connectivity index (χ4v) is 5.57. The second-order valence-corrected chi connectivity index (χ2v) is 8.82. The van der Waals surface area contributed by atoms with Crippen LogP contribution in [0.5, 0.6) is 0 Å². The molecule has 1 fully saturated rings. The molecule has 0 unspecified atom stereocenters. The Kier molecular flexibility index (Phi) is 4.69. The van der Waals surface area contributed by atoms with Gasteiger partial charge >= 0.3 is 0 Å². The predicted octanol–water partition coefficient (Wildman–Crippen LogP) is 6.08. The van der Waals surface area contributed by atoms with Crippen molar-refractivity contribution in [2.24, 2.45) is 11.8 Å². The van der Waals surface area contributed by atoms with Gasteiger partial charge in [-0.05, 0) is 22.6 Å². The molecular weight excluding hydrogens is 406 g/mol. The number of imide groups is 1. The number of rotatable bonds is 3. The zero-order valence-corrected chi connectivity index (χ0v) is 18.0. The summed E-state index contributed by atoms with van der Waals surface area (Å²) in [6, 6.07) is 33.8. The van der Waals surface area contributed by atoms with Gasteiger partial charge in [-0.3, -0.25) is 9.59 Å². The molecule has 1 aliphatic heterocycles. The number of amides is 2. The molecule has 1 heterocycles. The predicted molar refractivity (Wildman–Crippen MR) is 131 cm³/mol. The zero-order valence-electron chi connectivity index (χ0n) is 18.0. The smallest absolute Gasteiger partial charge is 0.238 e. The van der Waals surface area contributed by atoms with Crippen molar-refractivity contribution in [2.45, 2.75) is 11.8 Å². The monoisotopic (exact) mass is 429 g/mol. The lowest BCUT2D eigenvalue weighted by atomic mass is 9.68. The summed E-state index contributed by atoms with van der Waals surface area (Å²) in [7, 11) is 0. The molecule has 0 saturated carbocycles. The third-order valence-electron chi connectivity index (χ3n) is 7.07. The van der Waals surface area contributed by atoms with Crippen LogP contribution < -0.4 is 4.90 Å². The molecule has 4 aromatic rings. The van der Waals surface area contributed by atoms with Crippen LogP contribution in [-0.2, 0) is 9.59 Å². The van der Waals surface area contributed by atoms with E-state index in [9.17, 15) is 9.59 Å². The molecule has 0 aromatic heterocycles. The topological polar surface area (TPSA) is 37.4 Å². The summed E-state index contributed by atoms with van der Waals surface area (Å²) in [6.45, 7) is 0. The molecule has 2 amide bonds. The lowest BCUT2D eigenvalue weighted by Gasteiger charge is -2.32. The number of benzene rings is 4. The van der Waals surface area contributed by atoms with E-state index in [4.69, 9.17) is 0 Å². The number of nitrogens with zero attached hydrogens (tertiary/aromatic N) is 1. The maximum atomic E-state index is 14.0. The first kappa shape index (κ1) is 19.7. The summed E-state index contributed by atoms with van der Waals surface area (Å²) in [5.41, 5.74) is 2.81. The van der Waals surface area contributed by atoms with Crippen molar-refractivity contribution < 1.29 is 9.59 Å². The summed E-state index contributed by atoms with van der Waals surface area (Å²) in [5, 5.41) is 1.93. The van der Waals surface area contributed by atoms with Crippen LogP contribution in [0.2, 0.25) is 0 Å². The van der Waals surface area contributed by atoms with E-state index in [-0.39, 0.29) is 23.7 Å². The van der Waals surface area contributed by atoms with Crippen molar-refractivity contribution in [3.63, 3.8) is 0 Å². The number of carbonyl (C=O) groups is 2. The second-order valence-electron chi connectivity index (χ2n) is 8.82. The van der Waals surface area contributed by atoms with E-state index in [0.29, 0.717) is 5.69 Å². The van der Waals surface area contributed by atoms with Gasteiger partial charge in [0.05, 0.1) is 17.5 Å². The van der Waals surface area contributed by atoms with Crippen LogP contribution >= 0.6 is 0 Å². The SMILES string of the molecule is O=C1[C@H]2[C@H](C(=O)N1c1cccc3ccccc13)[C@@H](c1ccccc1)C=C[C@@H]2c1ccccc1. The van der Waals surface area contributed by atoms with E-state index in [0.717, 1.165) is 21.9 Å². The summed E-state index contributed by atoms with van der Waals surface area (Å²) in [6.07, 6.45) is 4.26. The Morgan fingerprint density at radius 3 is 1.58 bits per heavy atom. The van der Waals surface area contributed by atoms with Crippen LogP contribution in [0.25, 0.3) is 10.8 Å². The van der Waals surface area contributed by atoms with Crippen molar-refractivity contribution in [1.82, 2.24) is 0 Å². The number of hydrogen-bond acceptors (Lipinski definition) is 2. The molecule has 0 bridgehead atoms. The minimum atomic E-state index is -0.436. The molecule has 1 aliphatic carbocycles. The minimum absolute atomic E-state index is 0.111. The third kappa shape index (κ3) is 3.12. The summed E-state index contributed by atoms with van der Waals surface area (Å²) in [4.78, 5) is 29.5. The van der Waals surface area contributed by atoms with Crippen LogP contribution in [0.3, 0.4) is 0 Å². The van der Waals surface area contributed by atoms with E-state index in [1.165, 1.54) is 4.90 Å². The molecule has 0 spiro atoms. The number of anilines is 1. The average molecular weight is 430 g/mol. The molecule has 160 valence electrons. The Labute approximate surface area is 193 Å². The molecule has 4 atom stereocenters. The molecule has 3 nitrogen and oxygen atoms in total. The van der Waals surface area contributed by atoms with Crippen LogP contribution in [-0.4, -0.2) is 11.8 Å². The Bertz CT molecular complexity index is 1300. The number of fused-ring (bicyclic) bond motifs is 2. The fraction of sp³-hybridized carbons (Fsp3) is 0.133. The van der Waals surface area contributed by atoms with Gasteiger partial charge in [0.25, 0.3) is 0 Å². The molecule has 0 radical (unpaired) electrons. The van der Waals surface area contributed by atoms with E-state index in [2.05, 4.69) is 12.2 Å². The lowest BCUT2D eigenvalue weighted by molar-refractivity contribution is -0.122. The largest absolute Gasteiger partial charge is 0.274 e. The molecule has 33 heavy (non-hydrogen) atoms. The third-order valence-corrected chi connectivity index (χ3v) is 7.07. The molecule has 4 aromatic carbocycles. The van der Waals surface area contributed by atoms with E-state index >= 15 is 0 Å². The van der Waals surface area contributed by atoms with Gasteiger partial charge in [0.1, 0.15) is 0 Å². The van der Waals surface area contributed by atoms with Crippen molar-refractivity contribution in [3.05, 3.63) is 126 Å². The minimum Gasteiger partial charge on any atom is -0.274 e. The van der Waals surface area contributed by atoms with Crippen molar-refractivity contribution in [3.8, 4) is 0 Å². The molecule has 2 aliphatic rings. The molecule has 0 N–H and O–H groups in total. The summed E-state index contributed by atoms with van der Waals surface area (Å²) < 4.78 is 0. The average Bonchev–Trinajstić information content (AvgIpc) is 3.14. The first-order valence-corrected chi connectivity index (χ1v) is 11.4. The lowest BCUT2D eigenvalue weighted by Crippen LogP contribution is -2.31. The van der Waals surface area contributed by atoms with Crippen LogP contribution in [0.1, 0.15) is 23.0 Å². The van der Waals surface area contributed by atoms with Gasteiger partial charge in [-0.15, -0.1) is 0 Å². The summed E-state index contributed by atoms with van der Waals surface area (Å²) >= 11 is 0. The molecule has 6 rings (SSSR count).